The van der Waals surface area contributed by atoms with Gasteiger partial charge in [-0.3, -0.25) is 0 Å². The average molecular weight is 201 g/mol. The van der Waals surface area contributed by atoms with Crippen LogP contribution in [-0.2, 0) is 0 Å². The van der Waals surface area contributed by atoms with Crippen molar-refractivity contribution >= 4 is 23.4 Å². The molecule has 72 valence electrons. The van der Waals surface area contributed by atoms with Gasteiger partial charge in [0, 0.05) is 19.2 Å². The van der Waals surface area contributed by atoms with Gasteiger partial charge in [-0.25, -0.2) is 4.98 Å². The van der Waals surface area contributed by atoms with Gasteiger partial charge in [0.2, 0.25) is 5.95 Å². The summed E-state index contributed by atoms with van der Waals surface area (Å²) >= 11 is 5.79. The molecule has 4 nitrogen and oxygen atoms in total. The topological polar surface area (TPSA) is 49.8 Å². The van der Waals surface area contributed by atoms with Crippen molar-refractivity contribution in [1.82, 2.24) is 9.97 Å². The van der Waals surface area contributed by atoms with Gasteiger partial charge in [-0.05, 0) is 13.8 Å². The Hall–Kier alpha value is -1.03. The predicted octanol–water partition coefficient (Wildman–Crippen LogP) is 1.99. The highest BCUT2D eigenvalue weighted by molar-refractivity contribution is 6.29. The van der Waals surface area contributed by atoms with Gasteiger partial charge in [-0.1, -0.05) is 11.6 Å². The maximum atomic E-state index is 5.79. The summed E-state index contributed by atoms with van der Waals surface area (Å²) in [5.74, 6) is 1.31. The summed E-state index contributed by atoms with van der Waals surface area (Å²) in [6.07, 6.45) is 0. The molecule has 1 aromatic rings. The van der Waals surface area contributed by atoms with Crippen molar-refractivity contribution in [2.75, 3.05) is 23.7 Å². The first-order chi connectivity index (χ1) is 6.26. The van der Waals surface area contributed by atoms with Crippen LogP contribution in [-0.4, -0.2) is 23.1 Å². The van der Waals surface area contributed by atoms with Crippen LogP contribution in [0.15, 0.2) is 6.07 Å². The van der Waals surface area contributed by atoms with Gasteiger partial charge >= 0.3 is 0 Å². The van der Waals surface area contributed by atoms with Crippen molar-refractivity contribution in [3.63, 3.8) is 0 Å². The van der Waals surface area contributed by atoms with Crippen LogP contribution < -0.4 is 10.6 Å². The zero-order valence-electron chi connectivity index (χ0n) is 7.76. The molecule has 0 spiro atoms. The molecule has 0 aliphatic heterocycles. The number of hydrogen-bond donors (Lipinski definition) is 2. The minimum absolute atomic E-state index is 0.446. The van der Waals surface area contributed by atoms with Crippen molar-refractivity contribution in [1.29, 1.82) is 0 Å². The third-order valence-corrected chi connectivity index (χ3v) is 1.58. The van der Waals surface area contributed by atoms with Crippen LogP contribution in [0.3, 0.4) is 0 Å². The standard InChI is InChI=1S/C8H13ClN4/c1-3-10-7-5-6(9)12-8(13-7)11-4-2/h5H,3-4H2,1-2H3,(H2,10,11,12,13). The van der Waals surface area contributed by atoms with Crippen LogP contribution in [0.5, 0.6) is 0 Å². The van der Waals surface area contributed by atoms with E-state index >= 15 is 0 Å². The van der Waals surface area contributed by atoms with E-state index in [-0.39, 0.29) is 0 Å². The Bertz CT molecular complexity index is 253. The molecule has 13 heavy (non-hydrogen) atoms. The molecule has 0 atom stereocenters. The maximum Gasteiger partial charge on any atom is 0.226 e. The SMILES string of the molecule is CCNc1cc(Cl)nc(NCC)n1. The van der Waals surface area contributed by atoms with Gasteiger partial charge < -0.3 is 10.6 Å². The van der Waals surface area contributed by atoms with Gasteiger partial charge in [0.15, 0.2) is 0 Å². The van der Waals surface area contributed by atoms with Crippen LogP contribution in [0, 0.1) is 0 Å². The molecule has 0 bridgehead atoms. The molecule has 0 saturated carbocycles. The van der Waals surface area contributed by atoms with E-state index in [9.17, 15) is 0 Å². The molecular weight excluding hydrogens is 188 g/mol. The number of anilines is 2. The molecule has 0 saturated heterocycles. The summed E-state index contributed by atoms with van der Waals surface area (Å²) < 4.78 is 0. The molecule has 0 aliphatic rings. The Labute approximate surface area is 82.7 Å². The molecule has 0 fully saturated rings. The van der Waals surface area contributed by atoms with Crippen LogP contribution in [0.25, 0.3) is 0 Å². The zero-order chi connectivity index (χ0) is 9.68. The molecule has 1 aromatic heterocycles. The quantitative estimate of drug-likeness (QED) is 0.730. The highest BCUT2D eigenvalue weighted by Crippen LogP contribution is 2.13. The lowest BCUT2D eigenvalue weighted by atomic mass is 10.5. The second-order valence-electron chi connectivity index (χ2n) is 2.46. The minimum atomic E-state index is 0.446. The van der Waals surface area contributed by atoms with Crippen molar-refractivity contribution in [3.05, 3.63) is 11.2 Å². The van der Waals surface area contributed by atoms with Crippen molar-refractivity contribution in [3.8, 4) is 0 Å². The fourth-order valence-electron chi connectivity index (χ4n) is 0.926. The fourth-order valence-corrected chi connectivity index (χ4v) is 1.11. The van der Waals surface area contributed by atoms with Crippen molar-refractivity contribution in [2.24, 2.45) is 0 Å². The van der Waals surface area contributed by atoms with Crippen molar-refractivity contribution in [2.45, 2.75) is 13.8 Å². The first-order valence-electron chi connectivity index (χ1n) is 4.28. The molecule has 0 radical (unpaired) electrons. The van der Waals surface area contributed by atoms with E-state index in [4.69, 9.17) is 11.6 Å². The Kier molecular flexibility index (Phi) is 3.76. The largest absolute Gasteiger partial charge is 0.370 e. The normalized spacial score (nSPS) is 9.77. The van der Waals surface area contributed by atoms with E-state index < -0.39 is 0 Å². The second kappa shape index (κ2) is 4.87. The Morgan fingerprint density at radius 3 is 2.54 bits per heavy atom. The molecule has 0 unspecified atom stereocenters. The lowest BCUT2D eigenvalue weighted by molar-refractivity contribution is 1.07. The summed E-state index contributed by atoms with van der Waals surface area (Å²) in [4.78, 5) is 8.20. The highest BCUT2D eigenvalue weighted by atomic mass is 35.5. The smallest absolute Gasteiger partial charge is 0.226 e. The summed E-state index contributed by atoms with van der Waals surface area (Å²) in [6.45, 7) is 5.59. The zero-order valence-corrected chi connectivity index (χ0v) is 8.52. The van der Waals surface area contributed by atoms with Gasteiger partial charge in [-0.2, -0.15) is 4.98 Å². The summed E-state index contributed by atoms with van der Waals surface area (Å²) in [5.41, 5.74) is 0. The molecule has 1 heterocycles. The molecule has 2 N–H and O–H groups in total. The molecular formula is C8H13ClN4. The lowest BCUT2D eigenvalue weighted by Crippen LogP contribution is -2.06. The lowest BCUT2D eigenvalue weighted by Gasteiger charge is -2.05. The first kappa shape index (κ1) is 10.1. The predicted molar refractivity (Wildman–Crippen MR) is 55.4 cm³/mol. The van der Waals surface area contributed by atoms with Gasteiger partial charge in [0.1, 0.15) is 11.0 Å². The Balaban J connectivity index is 2.83. The highest BCUT2D eigenvalue weighted by Gasteiger charge is 2.00. The summed E-state index contributed by atoms with van der Waals surface area (Å²) in [7, 11) is 0. The Morgan fingerprint density at radius 2 is 1.92 bits per heavy atom. The van der Waals surface area contributed by atoms with E-state index in [2.05, 4.69) is 20.6 Å². The molecule has 0 amide bonds. The van der Waals surface area contributed by atoms with Crippen LogP contribution in [0.1, 0.15) is 13.8 Å². The number of aromatic nitrogens is 2. The first-order valence-corrected chi connectivity index (χ1v) is 4.66. The minimum Gasteiger partial charge on any atom is -0.370 e. The van der Waals surface area contributed by atoms with E-state index in [1.807, 2.05) is 13.8 Å². The van der Waals surface area contributed by atoms with Crippen LogP contribution in [0.2, 0.25) is 5.15 Å². The number of nitrogens with one attached hydrogen (secondary N) is 2. The van der Waals surface area contributed by atoms with E-state index in [1.165, 1.54) is 0 Å². The van der Waals surface area contributed by atoms with E-state index in [1.54, 1.807) is 6.07 Å². The van der Waals surface area contributed by atoms with Gasteiger partial charge in [-0.15, -0.1) is 0 Å². The number of nitrogens with zero attached hydrogens (tertiary/aromatic N) is 2. The van der Waals surface area contributed by atoms with Crippen molar-refractivity contribution < 1.29 is 0 Å². The second-order valence-corrected chi connectivity index (χ2v) is 2.85. The van der Waals surface area contributed by atoms with E-state index in [0.717, 1.165) is 18.9 Å². The molecule has 1 rings (SSSR count). The van der Waals surface area contributed by atoms with Crippen LogP contribution >= 0.6 is 11.6 Å². The number of hydrogen-bond acceptors (Lipinski definition) is 4. The maximum absolute atomic E-state index is 5.79. The molecule has 0 aromatic carbocycles. The third kappa shape index (κ3) is 3.06. The molecule has 0 aliphatic carbocycles. The van der Waals surface area contributed by atoms with Crippen LogP contribution in [0.4, 0.5) is 11.8 Å². The van der Waals surface area contributed by atoms with Gasteiger partial charge in [0.25, 0.3) is 0 Å². The monoisotopic (exact) mass is 200 g/mol. The summed E-state index contributed by atoms with van der Waals surface area (Å²) in [6, 6.07) is 1.70. The number of rotatable bonds is 4. The number of halogens is 1. The third-order valence-electron chi connectivity index (χ3n) is 1.39. The summed E-state index contributed by atoms with van der Waals surface area (Å²) in [5, 5.41) is 6.52. The van der Waals surface area contributed by atoms with Gasteiger partial charge in [0.05, 0.1) is 0 Å². The van der Waals surface area contributed by atoms with E-state index in [0.29, 0.717) is 11.1 Å². The molecule has 5 heteroatoms. The fraction of sp³-hybridized carbons (Fsp3) is 0.500. The average Bonchev–Trinajstić information content (AvgIpc) is 2.04. The Morgan fingerprint density at radius 1 is 1.23 bits per heavy atom.